The number of methoxy groups -OCH3 is 1. The number of nitrogens with one attached hydrogen (secondary N) is 2. The number of ether oxygens (including phenoxy) is 1. The smallest absolute Gasteiger partial charge is 0.287 e. The first-order valence-electron chi connectivity index (χ1n) is 9.32. The summed E-state index contributed by atoms with van der Waals surface area (Å²) in [4.78, 5) is 29.8. The number of carbonyl (C=O) groups is 2. The molecule has 0 radical (unpaired) electrons. The van der Waals surface area contributed by atoms with Gasteiger partial charge in [0, 0.05) is 24.8 Å². The van der Waals surface area contributed by atoms with Gasteiger partial charge in [0.25, 0.3) is 11.8 Å². The number of nitrogens with zero attached hydrogens (tertiary/aromatic N) is 2. The van der Waals surface area contributed by atoms with E-state index in [0.717, 1.165) is 25.0 Å². The monoisotopic (exact) mass is 370 g/mol. The fourth-order valence-electron chi connectivity index (χ4n) is 3.17. The van der Waals surface area contributed by atoms with E-state index in [1.165, 1.54) is 0 Å². The van der Waals surface area contributed by atoms with E-state index in [9.17, 15) is 9.59 Å². The van der Waals surface area contributed by atoms with Gasteiger partial charge >= 0.3 is 0 Å². The van der Waals surface area contributed by atoms with E-state index in [1.807, 2.05) is 30.5 Å². The maximum Gasteiger partial charge on any atom is 0.287 e. The predicted octanol–water partition coefficient (Wildman–Crippen LogP) is 2.87. The van der Waals surface area contributed by atoms with Crippen LogP contribution in [0, 0.1) is 5.92 Å². The second-order valence-corrected chi connectivity index (χ2v) is 7.13. The Kier molecular flexibility index (Phi) is 5.78. The van der Waals surface area contributed by atoms with Gasteiger partial charge in [0.05, 0.1) is 12.8 Å². The third-order valence-electron chi connectivity index (χ3n) is 4.53. The van der Waals surface area contributed by atoms with Crippen LogP contribution in [0.3, 0.4) is 0 Å². The molecule has 1 aromatic carbocycles. The van der Waals surface area contributed by atoms with Crippen molar-refractivity contribution in [2.45, 2.75) is 39.7 Å². The first kappa shape index (κ1) is 18.9. The number of fused-ring (bicyclic) bond motifs is 1. The minimum atomic E-state index is -0.309. The van der Waals surface area contributed by atoms with Gasteiger partial charge in [-0.25, -0.2) is 4.98 Å². The Morgan fingerprint density at radius 1 is 1.26 bits per heavy atom. The van der Waals surface area contributed by atoms with Gasteiger partial charge in [-0.1, -0.05) is 19.9 Å². The van der Waals surface area contributed by atoms with Crippen molar-refractivity contribution in [2.75, 3.05) is 19.0 Å². The van der Waals surface area contributed by atoms with Gasteiger partial charge in [-0.15, -0.1) is 0 Å². The molecule has 7 nitrogen and oxygen atoms in total. The van der Waals surface area contributed by atoms with Gasteiger partial charge in [-0.2, -0.15) is 0 Å². The zero-order valence-corrected chi connectivity index (χ0v) is 16.0. The summed E-state index contributed by atoms with van der Waals surface area (Å²) in [6.07, 6.45) is 2.70. The Balaban J connectivity index is 1.86. The van der Waals surface area contributed by atoms with Crippen molar-refractivity contribution in [3.8, 4) is 5.75 Å². The summed E-state index contributed by atoms with van der Waals surface area (Å²) in [5.41, 5.74) is 1.78. The maximum absolute atomic E-state index is 12.8. The lowest BCUT2D eigenvalue weighted by Crippen LogP contribution is -2.30. The number of anilines is 1. The normalized spacial score (nSPS) is 13.2. The van der Waals surface area contributed by atoms with E-state index in [2.05, 4.69) is 15.6 Å². The maximum atomic E-state index is 12.8. The van der Waals surface area contributed by atoms with Gasteiger partial charge in [0.1, 0.15) is 5.75 Å². The summed E-state index contributed by atoms with van der Waals surface area (Å²) in [5.74, 6) is 0.791. The van der Waals surface area contributed by atoms with Crippen LogP contribution >= 0.6 is 0 Å². The largest absolute Gasteiger partial charge is 0.497 e. The molecule has 1 aliphatic rings. The highest BCUT2D eigenvalue weighted by atomic mass is 16.5. The number of hydrogen-bond acceptors (Lipinski definition) is 4. The molecule has 0 saturated carbocycles. The summed E-state index contributed by atoms with van der Waals surface area (Å²) < 4.78 is 7.08. The van der Waals surface area contributed by atoms with E-state index in [1.54, 1.807) is 19.2 Å². The van der Waals surface area contributed by atoms with Crippen molar-refractivity contribution in [1.82, 2.24) is 14.9 Å². The van der Waals surface area contributed by atoms with E-state index < -0.39 is 0 Å². The minimum Gasteiger partial charge on any atom is -0.497 e. The number of imidazole rings is 1. The molecule has 0 fully saturated rings. The summed E-state index contributed by atoms with van der Waals surface area (Å²) in [5, 5.41) is 5.75. The van der Waals surface area contributed by atoms with Crippen molar-refractivity contribution in [3.05, 3.63) is 41.5 Å². The van der Waals surface area contributed by atoms with Crippen LogP contribution in [-0.2, 0) is 13.0 Å². The fourth-order valence-corrected chi connectivity index (χ4v) is 3.17. The second kappa shape index (κ2) is 8.24. The van der Waals surface area contributed by atoms with Crippen LogP contribution in [0.5, 0.6) is 5.75 Å². The SMILES string of the molecule is COc1cccc(NC(=O)c2nc(C(=O)NCC(C)C)n3c2CCCC3)c1. The van der Waals surface area contributed by atoms with Gasteiger partial charge in [-0.05, 0) is 37.3 Å². The molecule has 144 valence electrons. The number of carbonyl (C=O) groups excluding carboxylic acids is 2. The Bertz CT molecular complexity index is 842. The van der Waals surface area contributed by atoms with Gasteiger partial charge in [0.15, 0.2) is 11.5 Å². The molecule has 0 atom stereocenters. The molecule has 0 bridgehead atoms. The quantitative estimate of drug-likeness (QED) is 0.819. The van der Waals surface area contributed by atoms with E-state index in [-0.39, 0.29) is 11.8 Å². The lowest BCUT2D eigenvalue weighted by Gasteiger charge is -2.17. The molecule has 2 aromatic rings. The Labute approximate surface area is 159 Å². The second-order valence-electron chi connectivity index (χ2n) is 7.13. The van der Waals surface area contributed by atoms with Crippen molar-refractivity contribution < 1.29 is 14.3 Å². The number of benzene rings is 1. The number of amides is 2. The molecule has 1 aromatic heterocycles. The minimum absolute atomic E-state index is 0.229. The van der Waals surface area contributed by atoms with Crippen LogP contribution in [0.15, 0.2) is 24.3 Å². The predicted molar refractivity (Wildman–Crippen MR) is 103 cm³/mol. The number of rotatable bonds is 6. The van der Waals surface area contributed by atoms with Gasteiger partial charge in [-0.3, -0.25) is 9.59 Å². The number of hydrogen-bond donors (Lipinski definition) is 2. The number of aromatic nitrogens is 2. The van der Waals surface area contributed by atoms with Crippen LogP contribution in [0.1, 0.15) is 53.5 Å². The molecule has 0 saturated heterocycles. The van der Waals surface area contributed by atoms with Crippen LogP contribution in [0.2, 0.25) is 0 Å². The van der Waals surface area contributed by atoms with Crippen LogP contribution in [0.25, 0.3) is 0 Å². The van der Waals surface area contributed by atoms with Gasteiger partial charge in [0.2, 0.25) is 0 Å². The molecule has 2 amide bonds. The van der Waals surface area contributed by atoms with E-state index >= 15 is 0 Å². The molecule has 3 rings (SSSR count). The van der Waals surface area contributed by atoms with Crippen LogP contribution in [-0.4, -0.2) is 35.0 Å². The third kappa shape index (κ3) is 4.30. The van der Waals surface area contributed by atoms with Crippen molar-refractivity contribution >= 4 is 17.5 Å². The molecule has 0 spiro atoms. The average molecular weight is 370 g/mol. The zero-order chi connectivity index (χ0) is 19.4. The summed E-state index contributed by atoms with van der Waals surface area (Å²) in [7, 11) is 1.58. The van der Waals surface area contributed by atoms with E-state index in [0.29, 0.717) is 42.0 Å². The highest BCUT2D eigenvalue weighted by Crippen LogP contribution is 2.23. The Hall–Kier alpha value is -2.83. The molecule has 1 aliphatic heterocycles. The van der Waals surface area contributed by atoms with E-state index in [4.69, 9.17) is 4.74 Å². The molecule has 27 heavy (non-hydrogen) atoms. The topological polar surface area (TPSA) is 85.2 Å². The Morgan fingerprint density at radius 3 is 2.81 bits per heavy atom. The standard InChI is InChI=1S/C20H26N4O3/c1-13(2)12-21-20(26)18-23-17(16-9-4-5-10-24(16)18)19(25)22-14-7-6-8-15(11-14)27-3/h6-8,11,13H,4-5,9-10,12H2,1-3H3,(H,21,26)(H,22,25). The lowest BCUT2D eigenvalue weighted by molar-refractivity contribution is 0.0933. The third-order valence-corrected chi connectivity index (χ3v) is 4.53. The van der Waals surface area contributed by atoms with Crippen LogP contribution < -0.4 is 15.4 Å². The lowest BCUT2D eigenvalue weighted by atomic mass is 10.1. The highest BCUT2D eigenvalue weighted by Gasteiger charge is 2.27. The van der Waals surface area contributed by atoms with Crippen molar-refractivity contribution in [3.63, 3.8) is 0 Å². The molecule has 2 heterocycles. The zero-order valence-electron chi connectivity index (χ0n) is 16.0. The van der Waals surface area contributed by atoms with Crippen molar-refractivity contribution in [1.29, 1.82) is 0 Å². The molecule has 2 N–H and O–H groups in total. The summed E-state index contributed by atoms with van der Waals surface area (Å²) in [6, 6.07) is 7.16. The van der Waals surface area contributed by atoms with Gasteiger partial charge < -0.3 is 19.9 Å². The summed E-state index contributed by atoms with van der Waals surface area (Å²) in [6.45, 7) is 5.36. The van der Waals surface area contributed by atoms with Crippen molar-refractivity contribution in [2.24, 2.45) is 5.92 Å². The molecular weight excluding hydrogens is 344 g/mol. The molecule has 0 unspecified atom stereocenters. The fraction of sp³-hybridized carbons (Fsp3) is 0.450. The molecular formula is C20H26N4O3. The highest BCUT2D eigenvalue weighted by molar-refractivity contribution is 6.05. The Morgan fingerprint density at radius 2 is 2.07 bits per heavy atom. The first-order valence-corrected chi connectivity index (χ1v) is 9.32. The average Bonchev–Trinajstić information content (AvgIpc) is 3.06. The molecule has 0 aliphatic carbocycles. The molecule has 7 heteroatoms. The van der Waals surface area contributed by atoms with Crippen LogP contribution in [0.4, 0.5) is 5.69 Å². The first-order chi connectivity index (χ1) is 13.0. The summed E-state index contributed by atoms with van der Waals surface area (Å²) >= 11 is 0.